The second-order valence-corrected chi connectivity index (χ2v) is 4.09. The monoisotopic (exact) mass is 262 g/mol. The van der Waals surface area contributed by atoms with E-state index in [1.165, 1.54) is 4.90 Å². The van der Waals surface area contributed by atoms with Gasteiger partial charge in [-0.3, -0.25) is 4.79 Å². The summed E-state index contributed by atoms with van der Waals surface area (Å²) in [6.07, 6.45) is 0. The molecule has 0 spiro atoms. The Morgan fingerprint density at radius 2 is 2.16 bits per heavy atom. The average molecular weight is 262 g/mol. The lowest BCUT2D eigenvalue weighted by Crippen LogP contribution is -2.23. The Hall–Kier alpha value is -2.51. The number of aryl methyl sites for hydroxylation is 1. The van der Waals surface area contributed by atoms with Crippen LogP contribution in [0.25, 0.3) is 0 Å². The van der Waals surface area contributed by atoms with Crippen molar-refractivity contribution < 1.29 is 9.32 Å². The molecular weight excluding hydrogens is 248 g/mol. The fraction of sp³-hybridized carbons (Fsp3) is 0.364. The molecule has 8 heteroatoms. The lowest BCUT2D eigenvalue weighted by Gasteiger charge is -2.09. The molecule has 0 unspecified atom stereocenters. The summed E-state index contributed by atoms with van der Waals surface area (Å²) in [7, 11) is 3.32. The van der Waals surface area contributed by atoms with Gasteiger partial charge in [0.05, 0.1) is 6.54 Å². The number of rotatable bonds is 4. The van der Waals surface area contributed by atoms with Gasteiger partial charge < -0.3 is 14.7 Å². The Kier molecular flexibility index (Phi) is 3.69. The number of hydrogen-bond donors (Lipinski definition) is 1. The van der Waals surface area contributed by atoms with E-state index in [0.29, 0.717) is 29.8 Å². The van der Waals surface area contributed by atoms with Crippen LogP contribution in [0.1, 0.15) is 22.2 Å². The number of amides is 1. The van der Waals surface area contributed by atoms with Crippen molar-refractivity contribution in [3.8, 4) is 0 Å². The highest BCUT2D eigenvalue weighted by Crippen LogP contribution is 2.05. The van der Waals surface area contributed by atoms with Crippen molar-refractivity contribution in [3.05, 3.63) is 29.5 Å². The minimum atomic E-state index is -0.187. The summed E-state index contributed by atoms with van der Waals surface area (Å²) in [6, 6.07) is 3.29. The lowest BCUT2D eigenvalue weighted by atomic mass is 10.3. The van der Waals surface area contributed by atoms with Gasteiger partial charge in [-0.2, -0.15) is 4.98 Å². The quantitative estimate of drug-likeness (QED) is 0.855. The van der Waals surface area contributed by atoms with Crippen molar-refractivity contribution in [3.63, 3.8) is 0 Å². The predicted octanol–water partition coefficient (Wildman–Crippen LogP) is 0.482. The minimum absolute atomic E-state index is 0.187. The number of hydrogen-bond acceptors (Lipinski definition) is 7. The largest absolute Gasteiger partial charge is 0.361 e. The Bertz CT molecular complexity index is 563. The zero-order valence-electron chi connectivity index (χ0n) is 10.9. The van der Waals surface area contributed by atoms with Crippen LogP contribution < -0.4 is 5.32 Å². The Labute approximate surface area is 109 Å². The SMILES string of the molecule is Cc1nc(CNc2ccc(C(=O)N(C)C)nn2)no1. The summed E-state index contributed by atoms with van der Waals surface area (Å²) >= 11 is 0. The molecular formula is C11H14N6O2. The first-order valence-electron chi connectivity index (χ1n) is 5.64. The molecule has 0 fully saturated rings. The van der Waals surface area contributed by atoms with Crippen molar-refractivity contribution in [1.82, 2.24) is 25.2 Å². The maximum absolute atomic E-state index is 11.6. The van der Waals surface area contributed by atoms with E-state index in [2.05, 4.69) is 25.7 Å². The smallest absolute Gasteiger partial charge is 0.273 e. The highest BCUT2D eigenvalue weighted by Gasteiger charge is 2.10. The molecule has 2 rings (SSSR count). The Balaban J connectivity index is 1.97. The van der Waals surface area contributed by atoms with Gasteiger partial charge in [-0.1, -0.05) is 5.16 Å². The normalized spacial score (nSPS) is 10.3. The van der Waals surface area contributed by atoms with Crippen molar-refractivity contribution >= 4 is 11.7 Å². The summed E-state index contributed by atoms with van der Waals surface area (Å²) in [5.74, 6) is 1.40. The molecule has 0 atom stereocenters. The molecule has 0 aliphatic carbocycles. The van der Waals surface area contributed by atoms with Crippen LogP contribution in [0, 0.1) is 6.92 Å². The van der Waals surface area contributed by atoms with Crippen LogP contribution in [0.2, 0.25) is 0 Å². The number of carbonyl (C=O) groups excluding carboxylic acids is 1. The van der Waals surface area contributed by atoms with E-state index in [1.807, 2.05) is 0 Å². The topological polar surface area (TPSA) is 97.0 Å². The number of carbonyl (C=O) groups is 1. The molecule has 2 aromatic rings. The van der Waals surface area contributed by atoms with Crippen LogP contribution in [0.3, 0.4) is 0 Å². The zero-order valence-corrected chi connectivity index (χ0v) is 10.9. The van der Waals surface area contributed by atoms with E-state index in [-0.39, 0.29) is 5.91 Å². The van der Waals surface area contributed by atoms with Crippen LogP contribution in [0.4, 0.5) is 5.82 Å². The number of nitrogens with one attached hydrogen (secondary N) is 1. The van der Waals surface area contributed by atoms with E-state index in [9.17, 15) is 4.79 Å². The van der Waals surface area contributed by atoms with Gasteiger partial charge in [0.1, 0.15) is 5.82 Å². The molecule has 0 aliphatic heterocycles. The van der Waals surface area contributed by atoms with E-state index >= 15 is 0 Å². The third-order valence-electron chi connectivity index (χ3n) is 2.29. The molecule has 100 valence electrons. The van der Waals surface area contributed by atoms with Gasteiger partial charge in [-0.25, -0.2) is 0 Å². The molecule has 8 nitrogen and oxygen atoms in total. The lowest BCUT2D eigenvalue weighted by molar-refractivity contribution is 0.0821. The van der Waals surface area contributed by atoms with Crippen LogP contribution in [0.15, 0.2) is 16.7 Å². The third kappa shape index (κ3) is 3.24. The highest BCUT2D eigenvalue weighted by molar-refractivity contribution is 5.91. The molecule has 0 aromatic carbocycles. The van der Waals surface area contributed by atoms with Gasteiger partial charge in [0.15, 0.2) is 11.5 Å². The first-order chi connectivity index (χ1) is 9.06. The molecule has 2 heterocycles. The zero-order chi connectivity index (χ0) is 13.8. The van der Waals surface area contributed by atoms with E-state index in [1.54, 1.807) is 33.2 Å². The Morgan fingerprint density at radius 3 is 2.68 bits per heavy atom. The van der Waals surface area contributed by atoms with Crippen molar-refractivity contribution in [2.24, 2.45) is 0 Å². The van der Waals surface area contributed by atoms with E-state index < -0.39 is 0 Å². The molecule has 0 radical (unpaired) electrons. The van der Waals surface area contributed by atoms with Crippen LogP contribution in [0.5, 0.6) is 0 Å². The van der Waals surface area contributed by atoms with Crippen molar-refractivity contribution in [2.75, 3.05) is 19.4 Å². The molecule has 1 amide bonds. The fourth-order valence-electron chi connectivity index (χ4n) is 1.35. The first-order valence-corrected chi connectivity index (χ1v) is 5.64. The van der Waals surface area contributed by atoms with E-state index in [4.69, 9.17) is 4.52 Å². The van der Waals surface area contributed by atoms with Crippen LogP contribution >= 0.6 is 0 Å². The molecule has 0 bridgehead atoms. The first kappa shape index (κ1) is 12.9. The summed E-state index contributed by atoms with van der Waals surface area (Å²) in [4.78, 5) is 17.1. The Morgan fingerprint density at radius 1 is 1.37 bits per heavy atom. The van der Waals surface area contributed by atoms with Gasteiger partial charge in [0.25, 0.3) is 5.91 Å². The van der Waals surface area contributed by atoms with E-state index in [0.717, 1.165) is 0 Å². The summed E-state index contributed by atoms with van der Waals surface area (Å²) in [5.41, 5.74) is 0.297. The molecule has 0 saturated heterocycles. The number of anilines is 1. The average Bonchev–Trinajstić information content (AvgIpc) is 2.82. The molecule has 1 N–H and O–H groups in total. The highest BCUT2D eigenvalue weighted by atomic mass is 16.5. The van der Waals surface area contributed by atoms with Gasteiger partial charge in [0.2, 0.25) is 5.89 Å². The summed E-state index contributed by atoms with van der Waals surface area (Å²) < 4.78 is 4.84. The van der Waals surface area contributed by atoms with Crippen LogP contribution in [-0.4, -0.2) is 45.2 Å². The van der Waals surface area contributed by atoms with Gasteiger partial charge in [-0.05, 0) is 12.1 Å². The number of nitrogens with zero attached hydrogens (tertiary/aromatic N) is 5. The second-order valence-electron chi connectivity index (χ2n) is 4.09. The summed E-state index contributed by atoms with van der Waals surface area (Å²) in [5, 5.41) is 14.5. The molecule has 0 aliphatic rings. The second kappa shape index (κ2) is 5.42. The molecule has 2 aromatic heterocycles. The maximum atomic E-state index is 11.6. The maximum Gasteiger partial charge on any atom is 0.273 e. The molecule has 19 heavy (non-hydrogen) atoms. The van der Waals surface area contributed by atoms with Gasteiger partial charge in [-0.15, -0.1) is 10.2 Å². The minimum Gasteiger partial charge on any atom is -0.361 e. The predicted molar refractivity (Wildman–Crippen MR) is 66.4 cm³/mol. The standard InChI is InChI=1S/C11H14N6O2/c1-7-13-10(16-19-7)6-12-9-5-4-8(14-15-9)11(18)17(2)3/h4-5H,6H2,1-3H3,(H,12,15). The molecule has 0 saturated carbocycles. The summed E-state index contributed by atoms with van der Waals surface area (Å²) in [6.45, 7) is 2.10. The fourth-order valence-corrected chi connectivity index (χ4v) is 1.35. The van der Waals surface area contributed by atoms with Gasteiger partial charge >= 0.3 is 0 Å². The van der Waals surface area contributed by atoms with Gasteiger partial charge in [0, 0.05) is 21.0 Å². The van der Waals surface area contributed by atoms with Crippen LogP contribution in [-0.2, 0) is 6.54 Å². The number of aromatic nitrogens is 4. The third-order valence-corrected chi connectivity index (χ3v) is 2.29. The van der Waals surface area contributed by atoms with Crippen molar-refractivity contribution in [2.45, 2.75) is 13.5 Å². The van der Waals surface area contributed by atoms with Crippen molar-refractivity contribution in [1.29, 1.82) is 0 Å².